The average molecular weight is 313 g/mol. The summed E-state index contributed by atoms with van der Waals surface area (Å²) in [6.07, 6.45) is 1.87. The highest BCUT2D eigenvalue weighted by atomic mass is 32.1. The number of nitrogens with zero attached hydrogens (tertiary/aromatic N) is 1. The van der Waals surface area contributed by atoms with Crippen molar-refractivity contribution >= 4 is 23.0 Å². The lowest BCUT2D eigenvalue weighted by molar-refractivity contribution is 0.986. The van der Waals surface area contributed by atoms with Crippen LogP contribution in [0.1, 0.15) is 26.7 Å². The molecule has 0 amide bonds. The molecule has 2 aromatic carbocycles. The Hall–Kier alpha value is -2.20. The van der Waals surface area contributed by atoms with Crippen molar-refractivity contribution in [3.63, 3.8) is 0 Å². The first-order chi connectivity index (χ1) is 10.7. The van der Waals surface area contributed by atoms with Crippen molar-refractivity contribution in [3.05, 3.63) is 60.7 Å². The molecule has 0 atom stereocenters. The third-order valence-electron chi connectivity index (χ3n) is 3.02. The molecule has 2 aromatic rings. The molecule has 0 unspecified atom stereocenters. The number of benzene rings is 2. The molecule has 2 rings (SSSR count). The molecular formula is C18H23N3S. The molecule has 3 nitrogen and oxygen atoms in total. The number of nitrogens with one attached hydrogen (secondary N) is 1. The van der Waals surface area contributed by atoms with Crippen LogP contribution in [0.15, 0.2) is 65.8 Å². The molecule has 0 saturated carbocycles. The second kappa shape index (κ2) is 10.5. The Kier molecular flexibility index (Phi) is 8.53. The van der Waals surface area contributed by atoms with Crippen LogP contribution in [-0.4, -0.2) is 10.8 Å². The van der Waals surface area contributed by atoms with Gasteiger partial charge < -0.3 is 5.73 Å². The van der Waals surface area contributed by atoms with Gasteiger partial charge in [0.2, 0.25) is 0 Å². The standard InChI is InChI=1S/C12H10.C6H13N3S/c1-3-7-11(8-4-1)12-9-5-2-6-10-12;1-3-5(4-2)8-9-6(7)10/h1-10H;3-4H2,1-2H3,(H3,7,9,10). The van der Waals surface area contributed by atoms with Crippen molar-refractivity contribution in [2.45, 2.75) is 26.7 Å². The highest BCUT2D eigenvalue weighted by molar-refractivity contribution is 7.80. The lowest BCUT2D eigenvalue weighted by Gasteiger charge is -1.99. The maximum atomic E-state index is 5.16. The van der Waals surface area contributed by atoms with Crippen LogP contribution in [0.2, 0.25) is 0 Å². The number of hydrogen-bond acceptors (Lipinski definition) is 2. The zero-order valence-corrected chi connectivity index (χ0v) is 13.9. The summed E-state index contributed by atoms with van der Waals surface area (Å²) in [6, 6.07) is 20.8. The summed E-state index contributed by atoms with van der Waals surface area (Å²) in [6.45, 7) is 4.09. The lowest BCUT2D eigenvalue weighted by atomic mass is 10.1. The van der Waals surface area contributed by atoms with Gasteiger partial charge in [-0.1, -0.05) is 74.5 Å². The molecule has 0 fully saturated rings. The summed E-state index contributed by atoms with van der Waals surface area (Å²) in [5, 5.41) is 4.18. The van der Waals surface area contributed by atoms with Crippen molar-refractivity contribution in [1.29, 1.82) is 0 Å². The van der Waals surface area contributed by atoms with E-state index in [1.807, 2.05) is 26.0 Å². The summed E-state index contributed by atoms with van der Waals surface area (Å²) in [7, 11) is 0. The van der Waals surface area contributed by atoms with Gasteiger partial charge in [0.15, 0.2) is 5.11 Å². The van der Waals surface area contributed by atoms with E-state index in [1.165, 1.54) is 11.1 Å². The fourth-order valence-electron chi connectivity index (χ4n) is 1.80. The van der Waals surface area contributed by atoms with Gasteiger partial charge in [-0.2, -0.15) is 5.10 Å². The van der Waals surface area contributed by atoms with E-state index in [4.69, 9.17) is 5.73 Å². The molecule has 116 valence electrons. The number of hydrazone groups is 1. The Bertz CT molecular complexity index is 536. The number of nitrogens with two attached hydrogens (primary N) is 1. The van der Waals surface area contributed by atoms with Crippen LogP contribution in [-0.2, 0) is 0 Å². The summed E-state index contributed by atoms with van der Waals surface area (Å²) in [5.74, 6) is 0. The van der Waals surface area contributed by atoms with Crippen LogP contribution in [0.4, 0.5) is 0 Å². The predicted octanol–water partition coefficient (Wildman–Crippen LogP) is 4.35. The minimum atomic E-state index is 0.222. The summed E-state index contributed by atoms with van der Waals surface area (Å²) in [5.41, 5.74) is 11.3. The van der Waals surface area contributed by atoms with Gasteiger partial charge in [0, 0.05) is 5.71 Å². The average Bonchev–Trinajstić information content (AvgIpc) is 2.58. The molecule has 0 saturated heterocycles. The van der Waals surface area contributed by atoms with Gasteiger partial charge in [0.05, 0.1) is 0 Å². The van der Waals surface area contributed by atoms with Gasteiger partial charge in [-0.25, -0.2) is 0 Å². The molecule has 0 aliphatic carbocycles. The van der Waals surface area contributed by atoms with Crippen molar-refractivity contribution in [3.8, 4) is 11.1 Å². The minimum Gasteiger partial charge on any atom is -0.375 e. The molecular weight excluding hydrogens is 290 g/mol. The van der Waals surface area contributed by atoms with E-state index < -0.39 is 0 Å². The van der Waals surface area contributed by atoms with Gasteiger partial charge in [0.25, 0.3) is 0 Å². The van der Waals surface area contributed by atoms with E-state index in [2.05, 4.69) is 71.3 Å². The molecule has 22 heavy (non-hydrogen) atoms. The molecule has 0 radical (unpaired) electrons. The first kappa shape index (κ1) is 17.9. The van der Waals surface area contributed by atoms with E-state index >= 15 is 0 Å². The molecule has 0 aliphatic rings. The van der Waals surface area contributed by atoms with Crippen LogP contribution in [0.5, 0.6) is 0 Å². The third-order valence-corrected chi connectivity index (χ3v) is 3.11. The Morgan fingerprint density at radius 1 is 0.909 bits per heavy atom. The molecule has 0 aromatic heterocycles. The van der Waals surface area contributed by atoms with E-state index in [0.717, 1.165) is 18.6 Å². The van der Waals surface area contributed by atoms with Crippen LogP contribution in [0, 0.1) is 0 Å². The first-order valence-electron chi connectivity index (χ1n) is 7.38. The maximum absolute atomic E-state index is 5.16. The van der Waals surface area contributed by atoms with E-state index in [9.17, 15) is 0 Å². The summed E-state index contributed by atoms with van der Waals surface area (Å²) in [4.78, 5) is 0. The topological polar surface area (TPSA) is 50.4 Å². The summed E-state index contributed by atoms with van der Waals surface area (Å²) >= 11 is 4.57. The number of hydrogen-bond donors (Lipinski definition) is 2. The Labute approximate surface area is 138 Å². The van der Waals surface area contributed by atoms with Gasteiger partial charge in [-0.15, -0.1) is 0 Å². The number of rotatable bonds is 4. The Morgan fingerprint density at radius 3 is 1.64 bits per heavy atom. The zero-order chi connectivity index (χ0) is 16.2. The normalized spacial score (nSPS) is 9.18. The minimum absolute atomic E-state index is 0.222. The Morgan fingerprint density at radius 2 is 1.32 bits per heavy atom. The van der Waals surface area contributed by atoms with E-state index in [0.29, 0.717) is 0 Å². The maximum Gasteiger partial charge on any atom is 0.184 e. The van der Waals surface area contributed by atoms with Crippen LogP contribution < -0.4 is 11.2 Å². The Balaban J connectivity index is 0.000000225. The quantitative estimate of drug-likeness (QED) is 0.501. The number of thiocarbonyl (C=S) groups is 1. The molecule has 4 heteroatoms. The monoisotopic (exact) mass is 313 g/mol. The highest BCUT2D eigenvalue weighted by Gasteiger charge is 1.92. The lowest BCUT2D eigenvalue weighted by Crippen LogP contribution is -2.25. The largest absolute Gasteiger partial charge is 0.375 e. The zero-order valence-electron chi connectivity index (χ0n) is 13.1. The van der Waals surface area contributed by atoms with Gasteiger partial charge >= 0.3 is 0 Å². The first-order valence-corrected chi connectivity index (χ1v) is 7.79. The fourth-order valence-corrected chi connectivity index (χ4v) is 1.85. The van der Waals surface area contributed by atoms with Gasteiger partial charge in [0.1, 0.15) is 0 Å². The highest BCUT2D eigenvalue weighted by Crippen LogP contribution is 2.17. The van der Waals surface area contributed by atoms with Gasteiger partial charge in [-0.05, 0) is 36.2 Å². The molecule has 0 spiro atoms. The predicted molar refractivity (Wildman–Crippen MR) is 99.8 cm³/mol. The molecule has 0 heterocycles. The fraction of sp³-hybridized carbons (Fsp3) is 0.222. The van der Waals surface area contributed by atoms with Crippen molar-refractivity contribution in [1.82, 2.24) is 5.43 Å². The van der Waals surface area contributed by atoms with Crippen LogP contribution in [0.3, 0.4) is 0 Å². The van der Waals surface area contributed by atoms with Crippen molar-refractivity contribution < 1.29 is 0 Å². The molecule has 0 aliphatic heterocycles. The molecule has 3 N–H and O–H groups in total. The second-order valence-corrected chi connectivity index (χ2v) is 5.03. The van der Waals surface area contributed by atoms with E-state index in [-0.39, 0.29) is 5.11 Å². The molecule has 0 bridgehead atoms. The van der Waals surface area contributed by atoms with E-state index in [1.54, 1.807) is 0 Å². The van der Waals surface area contributed by atoms with Crippen molar-refractivity contribution in [2.24, 2.45) is 10.8 Å². The summed E-state index contributed by atoms with van der Waals surface area (Å²) < 4.78 is 0. The van der Waals surface area contributed by atoms with Gasteiger partial charge in [-0.3, -0.25) is 5.43 Å². The second-order valence-electron chi connectivity index (χ2n) is 4.59. The third kappa shape index (κ3) is 6.99. The SMILES string of the molecule is CCC(CC)=NNC(N)=S.c1ccc(-c2ccccc2)cc1. The smallest absolute Gasteiger partial charge is 0.184 e. The van der Waals surface area contributed by atoms with Crippen molar-refractivity contribution in [2.75, 3.05) is 0 Å². The van der Waals surface area contributed by atoms with Crippen LogP contribution in [0.25, 0.3) is 11.1 Å². The van der Waals surface area contributed by atoms with Crippen LogP contribution >= 0.6 is 12.2 Å².